The molecule has 6 nitrogen and oxygen atoms in total. The van der Waals surface area contributed by atoms with Crippen LogP contribution in [-0.4, -0.2) is 20.7 Å². The van der Waals surface area contributed by atoms with Crippen LogP contribution < -0.4 is 10.6 Å². The van der Waals surface area contributed by atoms with Gasteiger partial charge in [0.1, 0.15) is 6.04 Å². The summed E-state index contributed by atoms with van der Waals surface area (Å²) in [5.41, 5.74) is 4.19. The molecule has 148 valence electrons. The zero-order valence-electron chi connectivity index (χ0n) is 16.3. The Morgan fingerprint density at radius 3 is 2.59 bits per heavy atom. The van der Waals surface area contributed by atoms with Crippen molar-refractivity contribution >= 4 is 35.1 Å². The lowest BCUT2D eigenvalue weighted by molar-refractivity contribution is -0.116. The van der Waals surface area contributed by atoms with E-state index in [1.165, 1.54) is 5.56 Å². The van der Waals surface area contributed by atoms with Crippen LogP contribution in [0.25, 0.3) is 5.70 Å². The van der Waals surface area contributed by atoms with Crippen LogP contribution in [0.1, 0.15) is 42.5 Å². The van der Waals surface area contributed by atoms with E-state index in [9.17, 15) is 4.79 Å². The first-order chi connectivity index (χ1) is 14.0. The van der Waals surface area contributed by atoms with Crippen LogP contribution in [0.3, 0.4) is 0 Å². The lowest BCUT2D eigenvalue weighted by Gasteiger charge is -2.24. The molecule has 0 unspecified atom stereocenters. The number of hydrogen-bond donors (Lipinski definition) is 2. The topological polar surface area (TPSA) is 71.8 Å². The smallest absolute Gasteiger partial charge is 0.250 e. The maximum Gasteiger partial charge on any atom is 0.250 e. The Balaban J connectivity index is 1.73. The lowest BCUT2D eigenvalue weighted by atomic mass is 10.0. The maximum atomic E-state index is 12.0. The highest BCUT2D eigenvalue weighted by atomic mass is 35.5. The number of anilines is 2. The summed E-state index contributed by atoms with van der Waals surface area (Å²) >= 11 is 6.04. The van der Waals surface area contributed by atoms with Gasteiger partial charge in [0, 0.05) is 17.1 Å². The average molecular weight is 408 g/mol. The molecule has 29 heavy (non-hydrogen) atoms. The predicted octanol–water partition coefficient (Wildman–Crippen LogP) is 5.03. The van der Waals surface area contributed by atoms with Crippen molar-refractivity contribution < 1.29 is 4.79 Å². The first-order valence-electron chi connectivity index (χ1n) is 9.61. The fourth-order valence-electron chi connectivity index (χ4n) is 3.26. The van der Waals surface area contributed by atoms with Gasteiger partial charge in [-0.15, -0.1) is 5.10 Å². The third-order valence-corrected chi connectivity index (χ3v) is 5.02. The summed E-state index contributed by atoms with van der Waals surface area (Å²) < 4.78 is 1.80. The van der Waals surface area contributed by atoms with E-state index in [1.807, 2.05) is 31.2 Å². The summed E-state index contributed by atoms with van der Waals surface area (Å²) in [4.78, 5) is 16.5. The molecule has 7 heteroatoms. The Labute approximate surface area is 174 Å². The predicted molar refractivity (Wildman–Crippen MR) is 116 cm³/mol. The third-order valence-electron chi connectivity index (χ3n) is 4.77. The van der Waals surface area contributed by atoms with E-state index >= 15 is 0 Å². The Bertz CT molecular complexity index is 1050. The molecule has 1 aromatic heterocycles. The zero-order valence-corrected chi connectivity index (χ0v) is 17.1. The monoisotopic (exact) mass is 407 g/mol. The third kappa shape index (κ3) is 4.17. The number of aromatic nitrogens is 3. The van der Waals surface area contributed by atoms with Gasteiger partial charge in [-0.2, -0.15) is 4.98 Å². The summed E-state index contributed by atoms with van der Waals surface area (Å²) in [5.74, 6) is 0.789. The number of nitrogens with zero attached hydrogens (tertiary/aromatic N) is 3. The second-order valence-electron chi connectivity index (χ2n) is 7.07. The molecule has 0 spiro atoms. The summed E-state index contributed by atoms with van der Waals surface area (Å²) in [6, 6.07) is 15.8. The summed E-state index contributed by atoms with van der Waals surface area (Å²) in [5, 5.41) is 11.3. The van der Waals surface area contributed by atoms with Gasteiger partial charge in [0.05, 0.1) is 0 Å². The molecule has 0 bridgehead atoms. The highest BCUT2D eigenvalue weighted by Crippen LogP contribution is 2.33. The van der Waals surface area contributed by atoms with E-state index < -0.39 is 0 Å². The van der Waals surface area contributed by atoms with Crippen molar-refractivity contribution in [1.29, 1.82) is 0 Å². The Morgan fingerprint density at radius 1 is 1.17 bits per heavy atom. The Hall–Kier alpha value is -3.12. The van der Waals surface area contributed by atoms with Crippen molar-refractivity contribution in [3.8, 4) is 0 Å². The molecule has 0 saturated carbocycles. The van der Waals surface area contributed by atoms with Crippen LogP contribution in [-0.2, 0) is 4.79 Å². The van der Waals surface area contributed by atoms with Crippen LogP contribution in [0.15, 0.2) is 54.6 Å². The number of rotatable bonds is 5. The van der Waals surface area contributed by atoms with Crippen molar-refractivity contribution in [2.75, 3.05) is 10.6 Å². The SMILES string of the molecule is CCCC(=O)Nc1nc2n(n1)[C@H](c1ccc(C)cc1)C=C(c1ccc(Cl)cc1)N2. The van der Waals surface area contributed by atoms with E-state index in [0.717, 1.165) is 23.2 Å². The van der Waals surface area contributed by atoms with Crippen LogP contribution in [0, 0.1) is 6.92 Å². The normalized spacial score (nSPS) is 15.3. The number of halogens is 1. The van der Waals surface area contributed by atoms with E-state index in [0.29, 0.717) is 23.3 Å². The number of aryl methyl sites for hydroxylation is 1. The molecule has 0 saturated heterocycles. The van der Waals surface area contributed by atoms with E-state index in [4.69, 9.17) is 11.6 Å². The number of amides is 1. The van der Waals surface area contributed by atoms with Crippen LogP contribution in [0.5, 0.6) is 0 Å². The van der Waals surface area contributed by atoms with Gasteiger partial charge in [-0.3, -0.25) is 10.1 Å². The summed E-state index contributed by atoms with van der Waals surface area (Å²) in [6.45, 7) is 4.02. The molecule has 1 amide bonds. The van der Waals surface area contributed by atoms with E-state index in [-0.39, 0.29) is 11.9 Å². The molecule has 1 atom stereocenters. The minimum Gasteiger partial charge on any atom is -0.324 e. The van der Waals surface area contributed by atoms with Gasteiger partial charge in [0.25, 0.3) is 5.95 Å². The molecule has 4 rings (SSSR count). The fourth-order valence-corrected chi connectivity index (χ4v) is 3.39. The number of nitrogens with one attached hydrogen (secondary N) is 2. The zero-order chi connectivity index (χ0) is 20.4. The minimum absolute atomic E-state index is 0.0896. The summed E-state index contributed by atoms with van der Waals surface area (Å²) in [7, 11) is 0. The molecule has 0 radical (unpaired) electrons. The van der Waals surface area contributed by atoms with Crippen molar-refractivity contribution in [3.63, 3.8) is 0 Å². The molecule has 2 N–H and O–H groups in total. The number of carbonyl (C=O) groups excluding carboxylic acids is 1. The maximum absolute atomic E-state index is 12.0. The second-order valence-corrected chi connectivity index (χ2v) is 7.51. The van der Waals surface area contributed by atoms with Gasteiger partial charge in [-0.25, -0.2) is 4.68 Å². The number of fused-ring (bicyclic) bond motifs is 1. The number of carbonyl (C=O) groups is 1. The molecule has 1 aliphatic rings. The van der Waals surface area contributed by atoms with Crippen molar-refractivity contribution in [1.82, 2.24) is 14.8 Å². The molecule has 0 aliphatic carbocycles. The molecule has 1 aliphatic heterocycles. The van der Waals surface area contributed by atoms with Crippen LogP contribution in [0.4, 0.5) is 11.9 Å². The van der Waals surface area contributed by atoms with Gasteiger partial charge in [0.15, 0.2) is 0 Å². The highest BCUT2D eigenvalue weighted by molar-refractivity contribution is 6.30. The molecule has 2 aromatic carbocycles. The van der Waals surface area contributed by atoms with E-state index in [1.54, 1.807) is 4.68 Å². The van der Waals surface area contributed by atoms with Crippen molar-refractivity contribution in [2.24, 2.45) is 0 Å². The van der Waals surface area contributed by atoms with Gasteiger partial charge in [-0.1, -0.05) is 60.5 Å². The molecular weight excluding hydrogens is 386 g/mol. The Kier molecular flexibility index (Phi) is 5.36. The van der Waals surface area contributed by atoms with Gasteiger partial charge < -0.3 is 5.32 Å². The van der Waals surface area contributed by atoms with Gasteiger partial charge in [-0.05, 0) is 42.7 Å². The largest absolute Gasteiger partial charge is 0.324 e. The first-order valence-corrected chi connectivity index (χ1v) is 9.99. The van der Waals surface area contributed by atoms with Crippen LogP contribution in [0.2, 0.25) is 5.02 Å². The highest BCUT2D eigenvalue weighted by Gasteiger charge is 2.25. The number of allylic oxidation sites excluding steroid dienone is 1. The fraction of sp³-hybridized carbons (Fsp3) is 0.227. The molecule has 3 aromatic rings. The van der Waals surface area contributed by atoms with Crippen molar-refractivity contribution in [3.05, 3.63) is 76.3 Å². The molecule has 2 heterocycles. The minimum atomic E-state index is -0.151. The standard InChI is InChI=1S/C22H22ClN5O/c1-3-4-20(29)25-21-26-22-24-18(15-9-11-17(23)12-10-15)13-19(28(22)27-21)16-7-5-14(2)6-8-16/h5-13,19H,3-4H2,1-2H3,(H2,24,25,26,27,29)/t19-/m0/s1. The number of hydrogen-bond acceptors (Lipinski definition) is 4. The van der Waals surface area contributed by atoms with Crippen LogP contribution >= 0.6 is 11.6 Å². The quantitative estimate of drug-likeness (QED) is 0.621. The van der Waals surface area contributed by atoms with Gasteiger partial charge >= 0.3 is 0 Å². The second kappa shape index (κ2) is 8.09. The molecule has 0 fully saturated rings. The van der Waals surface area contributed by atoms with Gasteiger partial charge in [0.2, 0.25) is 11.9 Å². The molecular formula is C22H22ClN5O. The Morgan fingerprint density at radius 2 is 1.90 bits per heavy atom. The van der Waals surface area contributed by atoms with E-state index in [2.05, 4.69) is 58.0 Å². The van der Waals surface area contributed by atoms with Crippen molar-refractivity contribution in [2.45, 2.75) is 32.7 Å². The summed E-state index contributed by atoms with van der Waals surface area (Å²) in [6.07, 6.45) is 3.31. The number of benzene rings is 2. The lowest BCUT2D eigenvalue weighted by Crippen LogP contribution is -2.20. The average Bonchev–Trinajstić information content (AvgIpc) is 3.11. The first kappa shape index (κ1) is 19.2.